The average molecular weight is 234 g/mol. The van der Waals surface area contributed by atoms with Gasteiger partial charge >= 0.3 is 0 Å². The summed E-state index contributed by atoms with van der Waals surface area (Å²) in [6.45, 7) is 0.452. The molecule has 0 atom stereocenters. The third kappa shape index (κ3) is 2.48. The van der Waals surface area contributed by atoms with E-state index in [0.29, 0.717) is 18.2 Å². The van der Waals surface area contributed by atoms with Crippen LogP contribution < -0.4 is 11.1 Å². The topological polar surface area (TPSA) is 123 Å². The van der Waals surface area contributed by atoms with Crippen LogP contribution in [0.3, 0.4) is 0 Å². The Morgan fingerprint density at radius 3 is 2.82 bits per heavy atom. The summed E-state index contributed by atoms with van der Waals surface area (Å²) >= 11 is 0. The van der Waals surface area contributed by atoms with Crippen LogP contribution >= 0.6 is 0 Å². The predicted molar refractivity (Wildman–Crippen MR) is 61.2 cm³/mol. The maximum Gasteiger partial charge on any atom is 0.287 e. The highest BCUT2D eigenvalue weighted by atomic mass is 16.6. The van der Waals surface area contributed by atoms with Crippen molar-refractivity contribution < 1.29 is 4.92 Å². The van der Waals surface area contributed by atoms with Crippen molar-refractivity contribution in [2.24, 2.45) is 0 Å². The molecular formula is C9H10N6O2. The van der Waals surface area contributed by atoms with Gasteiger partial charge in [-0.05, 0) is 6.07 Å². The molecule has 17 heavy (non-hydrogen) atoms. The van der Waals surface area contributed by atoms with Crippen LogP contribution in [-0.2, 0) is 6.54 Å². The number of aromatic nitrogens is 3. The van der Waals surface area contributed by atoms with Gasteiger partial charge in [0.1, 0.15) is 17.8 Å². The summed E-state index contributed by atoms with van der Waals surface area (Å²) in [4.78, 5) is 13.8. The van der Waals surface area contributed by atoms with Crippen molar-refractivity contribution >= 4 is 17.3 Å². The molecule has 0 fully saturated rings. The van der Waals surface area contributed by atoms with E-state index in [9.17, 15) is 10.1 Å². The molecule has 0 radical (unpaired) electrons. The Hall–Kier alpha value is -2.64. The average Bonchev–Trinajstić information content (AvgIpc) is 2.73. The second-order valence-corrected chi connectivity index (χ2v) is 3.32. The van der Waals surface area contributed by atoms with E-state index >= 15 is 0 Å². The number of nitrogens with one attached hydrogen (secondary N) is 2. The van der Waals surface area contributed by atoms with Gasteiger partial charge in [0.15, 0.2) is 0 Å². The van der Waals surface area contributed by atoms with E-state index in [1.54, 1.807) is 6.20 Å². The van der Waals surface area contributed by atoms with Gasteiger partial charge in [-0.25, -0.2) is 4.98 Å². The van der Waals surface area contributed by atoms with Crippen molar-refractivity contribution in [1.29, 1.82) is 0 Å². The van der Waals surface area contributed by atoms with Crippen LogP contribution in [0.15, 0.2) is 24.5 Å². The van der Waals surface area contributed by atoms with Gasteiger partial charge < -0.3 is 11.1 Å². The maximum atomic E-state index is 10.4. The lowest BCUT2D eigenvalue weighted by Gasteiger charge is -2.03. The zero-order chi connectivity index (χ0) is 12.3. The third-order valence-corrected chi connectivity index (χ3v) is 2.17. The highest BCUT2D eigenvalue weighted by Crippen LogP contribution is 2.13. The normalized spacial score (nSPS) is 10.1. The second kappa shape index (κ2) is 4.47. The Bertz CT molecular complexity index is 521. The van der Waals surface area contributed by atoms with Gasteiger partial charge in [-0.1, -0.05) is 0 Å². The van der Waals surface area contributed by atoms with E-state index in [0.717, 1.165) is 5.56 Å². The summed E-state index contributed by atoms with van der Waals surface area (Å²) in [5, 5.41) is 19.8. The highest BCUT2D eigenvalue weighted by molar-refractivity contribution is 5.43. The third-order valence-electron chi connectivity index (χ3n) is 2.17. The van der Waals surface area contributed by atoms with Gasteiger partial charge in [0.2, 0.25) is 0 Å². The fourth-order valence-electron chi connectivity index (χ4n) is 1.25. The molecule has 2 aromatic rings. The first-order chi connectivity index (χ1) is 8.16. The Balaban J connectivity index is 2.00. The van der Waals surface area contributed by atoms with E-state index in [4.69, 9.17) is 5.73 Å². The number of nitrogen functional groups attached to an aromatic ring is 1. The number of aromatic amines is 1. The number of nitrogens with zero attached hydrogens (tertiary/aromatic N) is 3. The molecule has 0 aliphatic heterocycles. The summed E-state index contributed by atoms with van der Waals surface area (Å²) in [7, 11) is 0. The van der Waals surface area contributed by atoms with Crippen LogP contribution in [0.4, 0.5) is 17.3 Å². The molecule has 0 saturated carbocycles. The predicted octanol–water partition coefficient (Wildman–Crippen LogP) is 0.907. The van der Waals surface area contributed by atoms with Crippen molar-refractivity contribution in [2.45, 2.75) is 6.54 Å². The van der Waals surface area contributed by atoms with Crippen molar-refractivity contribution in [1.82, 2.24) is 15.2 Å². The van der Waals surface area contributed by atoms with Gasteiger partial charge in [-0.3, -0.25) is 15.2 Å². The molecule has 0 saturated heterocycles. The fourth-order valence-corrected chi connectivity index (χ4v) is 1.25. The fraction of sp³-hybridized carbons (Fsp3) is 0.111. The molecule has 8 heteroatoms. The van der Waals surface area contributed by atoms with Crippen LogP contribution in [0.5, 0.6) is 0 Å². The van der Waals surface area contributed by atoms with Crippen molar-refractivity contribution in [3.05, 3.63) is 40.2 Å². The smallest absolute Gasteiger partial charge is 0.287 e. The molecule has 2 aromatic heterocycles. The first-order valence-electron chi connectivity index (χ1n) is 4.79. The molecule has 0 amide bonds. The summed E-state index contributed by atoms with van der Waals surface area (Å²) in [5.41, 5.74) is 6.37. The summed E-state index contributed by atoms with van der Waals surface area (Å²) in [6.07, 6.45) is 2.80. The number of hydrogen-bond acceptors (Lipinski definition) is 6. The van der Waals surface area contributed by atoms with Gasteiger partial charge in [0, 0.05) is 18.2 Å². The minimum atomic E-state index is -0.495. The molecule has 2 rings (SSSR count). The second-order valence-electron chi connectivity index (χ2n) is 3.32. The molecule has 0 unspecified atom stereocenters. The minimum absolute atomic E-state index is 0.0432. The molecular weight excluding hydrogens is 224 g/mol. The first kappa shape index (κ1) is 10.9. The van der Waals surface area contributed by atoms with E-state index in [2.05, 4.69) is 20.5 Å². The zero-order valence-electron chi connectivity index (χ0n) is 8.75. The largest absolute Gasteiger partial charge is 0.384 e. The van der Waals surface area contributed by atoms with Crippen molar-refractivity contribution in [2.75, 3.05) is 11.1 Å². The number of pyridine rings is 1. The first-order valence-corrected chi connectivity index (χ1v) is 4.79. The Morgan fingerprint density at radius 1 is 1.47 bits per heavy atom. The van der Waals surface area contributed by atoms with Crippen molar-refractivity contribution in [3.8, 4) is 0 Å². The minimum Gasteiger partial charge on any atom is -0.384 e. The van der Waals surface area contributed by atoms with E-state index in [1.807, 2.05) is 0 Å². The van der Waals surface area contributed by atoms with Gasteiger partial charge in [0.05, 0.1) is 11.1 Å². The van der Waals surface area contributed by atoms with Crippen molar-refractivity contribution in [3.63, 3.8) is 0 Å². The molecule has 0 aromatic carbocycles. The van der Waals surface area contributed by atoms with Gasteiger partial charge in [-0.2, -0.15) is 5.10 Å². The Kier molecular flexibility index (Phi) is 2.86. The van der Waals surface area contributed by atoms with E-state index in [-0.39, 0.29) is 5.69 Å². The Labute approximate surface area is 96.0 Å². The quantitative estimate of drug-likeness (QED) is 0.533. The van der Waals surface area contributed by atoms with E-state index in [1.165, 1.54) is 18.3 Å². The molecule has 0 aliphatic rings. The molecule has 2 heterocycles. The Morgan fingerprint density at radius 2 is 2.29 bits per heavy atom. The molecule has 0 bridgehead atoms. The highest BCUT2D eigenvalue weighted by Gasteiger charge is 2.05. The molecule has 88 valence electrons. The van der Waals surface area contributed by atoms with E-state index < -0.39 is 4.92 Å². The summed E-state index contributed by atoms with van der Waals surface area (Å²) in [6, 6.07) is 2.92. The monoisotopic (exact) mass is 234 g/mol. The number of anilines is 2. The van der Waals surface area contributed by atoms with Crippen LogP contribution in [0.25, 0.3) is 0 Å². The molecule has 0 spiro atoms. The van der Waals surface area contributed by atoms with Crippen LogP contribution in [0.2, 0.25) is 0 Å². The molecule has 0 aliphatic carbocycles. The number of hydrogen-bond donors (Lipinski definition) is 3. The lowest BCUT2D eigenvalue weighted by Crippen LogP contribution is -2.03. The number of nitrogens with two attached hydrogens (primary N) is 1. The molecule has 4 N–H and O–H groups in total. The maximum absolute atomic E-state index is 10.4. The molecule has 8 nitrogen and oxygen atoms in total. The SMILES string of the molecule is Nc1[nH]ncc1CNc1ccc([N+](=O)[O-])cn1. The number of rotatable bonds is 4. The van der Waals surface area contributed by atoms with Gasteiger partial charge in [-0.15, -0.1) is 0 Å². The number of nitro groups is 1. The van der Waals surface area contributed by atoms with Crippen LogP contribution in [0.1, 0.15) is 5.56 Å². The summed E-state index contributed by atoms with van der Waals surface area (Å²) < 4.78 is 0. The zero-order valence-corrected chi connectivity index (χ0v) is 8.75. The van der Waals surface area contributed by atoms with Gasteiger partial charge in [0.25, 0.3) is 5.69 Å². The lowest BCUT2D eigenvalue weighted by atomic mass is 10.3. The lowest BCUT2D eigenvalue weighted by molar-refractivity contribution is -0.385. The van der Waals surface area contributed by atoms with Crippen LogP contribution in [-0.4, -0.2) is 20.1 Å². The number of H-pyrrole nitrogens is 1. The van der Waals surface area contributed by atoms with Crippen LogP contribution in [0, 0.1) is 10.1 Å². The standard InChI is InChI=1S/C9H10N6O2/c10-9-6(4-13-14-9)3-11-8-2-1-7(5-12-8)15(16)17/h1-2,4-5H,3H2,(H,11,12)(H3,10,13,14). The summed E-state index contributed by atoms with van der Waals surface area (Å²) in [5.74, 6) is 1.02.